The Morgan fingerprint density at radius 3 is 2.50 bits per heavy atom. The highest BCUT2D eigenvalue weighted by atomic mass is 32.2. The number of nitrogens with two attached hydrogens (primary N) is 1. The standard InChI is InChI=1S/C19H24N2O2S/c1-14(2)11-18(20)19(22)21-16-8-6-7-15(12-16)13-24(23)17-9-4-3-5-10-17/h3-10,12,14,18H,11,13,20H2,1-2H3,(H,21,22)/t18-,24?/m0/s1. The Balaban J connectivity index is 2.01. The van der Waals surface area contributed by atoms with Gasteiger partial charge in [0.15, 0.2) is 0 Å². The van der Waals surface area contributed by atoms with Crippen LogP contribution in [0.2, 0.25) is 0 Å². The van der Waals surface area contributed by atoms with E-state index in [0.29, 0.717) is 23.8 Å². The van der Waals surface area contributed by atoms with Gasteiger partial charge in [-0.1, -0.05) is 44.2 Å². The number of rotatable bonds is 7. The fourth-order valence-corrected chi connectivity index (χ4v) is 3.51. The molecule has 0 fully saturated rings. The summed E-state index contributed by atoms with van der Waals surface area (Å²) in [5, 5.41) is 2.84. The van der Waals surface area contributed by atoms with E-state index in [1.807, 2.05) is 68.4 Å². The van der Waals surface area contributed by atoms with Crippen molar-refractivity contribution in [3.05, 3.63) is 60.2 Å². The highest BCUT2D eigenvalue weighted by molar-refractivity contribution is 7.84. The van der Waals surface area contributed by atoms with Crippen LogP contribution in [0.1, 0.15) is 25.8 Å². The van der Waals surface area contributed by atoms with E-state index in [0.717, 1.165) is 10.5 Å². The van der Waals surface area contributed by atoms with Crippen LogP contribution in [0.25, 0.3) is 0 Å². The number of amides is 1. The van der Waals surface area contributed by atoms with Gasteiger partial charge >= 0.3 is 0 Å². The zero-order chi connectivity index (χ0) is 17.5. The van der Waals surface area contributed by atoms with E-state index < -0.39 is 16.8 Å². The van der Waals surface area contributed by atoms with E-state index in [2.05, 4.69) is 5.32 Å². The molecule has 0 aromatic heterocycles. The minimum atomic E-state index is -1.11. The first-order valence-corrected chi connectivity index (χ1v) is 9.36. The van der Waals surface area contributed by atoms with E-state index in [-0.39, 0.29) is 5.91 Å². The molecule has 2 rings (SSSR count). The molecular weight excluding hydrogens is 320 g/mol. The van der Waals surface area contributed by atoms with Crippen LogP contribution in [0.5, 0.6) is 0 Å². The van der Waals surface area contributed by atoms with Gasteiger partial charge in [-0.3, -0.25) is 9.00 Å². The van der Waals surface area contributed by atoms with Crippen LogP contribution in [0.3, 0.4) is 0 Å². The topological polar surface area (TPSA) is 72.2 Å². The summed E-state index contributed by atoms with van der Waals surface area (Å²) in [5.74, 6) is 0.585. The lowest BCUT2D eigenvalue weighted by atomic mass is 10.0. The average Bonchev–Trinajstić information content (AvgIpc) is 2.55. The SMILES string of the molecule is CC(C)C[C@H](N)C(=O)Nc1cccc(CS(=O)c2ccccc2)c1. The molecule has 0 heterocycles. The zero-order valence-corrected chi connectivity index (χ0v) is 14.9. The van der Waals surface area contributed by atoms with Crippen LogP contribution in [0.15, 0.2) is 59.5 Å². The summed E-state index contributed by atoms with van der Waals surface area (Å²) in [4.78, 5) is 12.9. The average molecular weight is 344 g/mol. The van der Waals surface area contributed by atoms with Crippen LogP contribution in [-0.4, -0.2) is 16.2 Å². The Hall–Kier alpha value is -1.98. The maximum atomic E-state index is 12.4. The lowest BCUT2D eigenvalue weighted by Gasteiger charge is -2.14. The van der Waals surface area contributed by atoms with Crippen LogP contribution >= 0.6 is 0 Å². The Labute approximate surface area is 145 Å². The van der Waals surface area contributed by atoms with Crippen molar-refractivity contribution < 1.29 is 9.00 Å². The number of nitrogens with one attached hydrogen (secondary N) is 1. The molecule has 128 valence electrons. The third-order valence-electron chi connectivity index (χ3n) is 3.56. The fraction of sp³-hybridized carbons (Fsp3) is 0.316. The van der Waals surface area contributed by atoms with Gasteiger partial charge in [0.05, 0.1) is 22.6 Å². The number of hydrogen-bond acceptors (Lipinski definition) is 3. The van der Waals surface area contributed by atoms with Gasteiger partial charge < -0.3 is 11.1 Å². The minimum Gasteiger partial charge on any atom is -0.325 e. The van der Waals surface area contributed by atoms with Gasteiger partial charge in [-0.05, 0) is 42.2 Å². The lowest BCUT2D eigenvalue weighted by Crippen LogP contribution is -2.36. The number of hydrogen-bond donors (Lipinski definition) is 2. The van der Waals surface area contributed by atoms with Gasteiger partial charge in [0.2, 0.25) is 5.91 Å². The Bertz CT molecular complexity index is 702. The normalized spacial score (nSPS) is 13.5. The second kappa shape index (κ2) is 8.76. The predicted octanol–water partition coefficient (Wildman–Crippen LogP) is 3.31. The van der Waals surface area contributed by atoms with Crippen LogP contribution < -0.4 is 11.1 Å². The second-order valence-electron chi connectivity index (χ2n) is 6.23. The third kappa shape index (κ3) is 5.58. The molecule has 0 aliphatic rings. The molecular formula is C19H24N2O2S. The fourth-order valence-electron chi connectivity index (χ4n) is 2.40. The second-order valence-corrected chi connectivity index (χ2v) is 7.68. The smallest absolute Gasteiger partial charge is 0.241 e. The van der Waals surface area contributed by atoms with Crippen molar-refractivity contribution >= 4 is 22.4 Å². The highest BCUT2D eigenvalue weighted by Gasteiger charge is 2.15. The Morgan fingerprint density at radius 1 is 1.12 bits per heavy atom. The molecule has 24 heavy (non-hydrogen) atoms. The largest absolute Gasteiger partial charge is 0.325 e. The van der Waals surface area contributed by atoms with E-state index >= 15 is 0 Å². The van der Waals surface area contributed by atoms with Crippen LogP contribution in [0.4, 0.5) is 5.69 Å². The molecule has 1 unspecified atom stereocenters. The molecule has 0 bridgehead atoms. The maximum Gasteiger partial charge on any atom is 0.241 e. The van der Waals surface area contributed by atoms with Crippen molar-refractivity contribution in [3.63, 3.8) is 0 Å². The van der Waals surface area contributed by atoms with E-state index in [4.69, 9.17) is 5.73 Å². The summed E-state index contributed by atoms with van der Waals surface area (Å²) in [6, 6.07) is 16.3. The maximum absolute atomic E-state index is 12.4. The Morgan fingerprint density at radius 2 is 1.83 bits per heavy atom. The zero-order valence-electron chi connectivity index (χ0n) is 14.1. The predicted molar refractivity (Wildman–Crippen MR) is 99.1 cm³/mol. The molecule has 0 saturated heterocycles. The molecule has 3 N–H and O–H groups in total. The van der Waals surface area contributed by atoms with Crippen molar-refractivity contribution in [1.29, 1.82) is 0 Å². The molecule has 0 aliphatic heterocycles. The molecule has 0 saturated carbocycles. The van der Waals surface area contributed by atoms with Gasteiger partial charge in [-0.15, -0.1) is 0 Å². The monoisotopic (exact) mass is 344 g/mol. The van der Waals surface area contributed by atoms with E-state index in [1.165, 1.54) is 0 Å². The molecule has 5 heteroatoms. The molecule has 2 aromatic rings. The number of benzene rings is 2. The van der Waals surface area contributed by atoms with Crippen LogP contribution in [-0.2, 0) is 21.3 Å². The Kier molecular flexibility index (Phi) is 6.70. The van der Waals surface area contributed by atoms with E-state index in [9.17, 15) is 9.00 Å². The summed E-state index contributed by atoms with van der Waals surface area (Å²) in [7, 11) is -1.11. The number of anilines is 1. The van der Waals surface area contributed by atoms with Gasteiger partial charge in [0, 0.05) is 10.6 Å². The summed E-state index contributed by atoms with van der Waals surface area (Å²) in [5.41, 5.74) is 7.49. The molecule has 2 aromatic carbocycles. The molecule has 0 aliphatic carbocycles. The molecule has 1 amide bonds. The van der Waals surface area contributed by atoms with Gasteiger partial charge in [-0.25, -0.2) is 0 Å². The first-order valence-electron chi connectivity index (χ1n) is 8.04. The first-order chi connectivity index (χ1) is 11.5. The van der Waals surface area contributed by atoms with Gasteiger partial charge in [0.1, 0.15) is 0 Å². The minimum absolute atomic E-state index is 0.190. The summed E-state index contributed by atoms with van der Waals surface area (Å²) in [6.07, 6.45) is 0.642. The molecule has 0 radical (unpaired) electrons. The van der Waals surface area contributed by atoms with Crippen molar-refractivity contribution in [3.8, 4) is 0 Å². The quantitative estimate of drug-likeness (QED) is 0.809. The summed E-state index contributed by atoms with van der Waals surface area (Å²) < 4.78 is 12.4. The molecule has 2 atom stereocenters. The van der Waals surface area contributed by atoms with Crippen molar-refractivity contribution in [2.45, 2.75) is 37.0 Å². The van der Waals surface area contributed by atoms with Gasteiger partial charge in [0.25, 0.3) is 0 Å². The molecule has 0 spiro atoms. The lowest BCUT2D eigenvalue weighted by molar-refractivity contribution is -0.117. The van der Waals surface area contributed by atoms with Crippen molar-refractivity contribution in [2.75, 3.05) is 5.32 Å². The van der Waals surface area contributed by atoms with Gasteiger partial charge in [-0.2, -0.15) is 0 Å². The van der Waals surface area contributed by atoms with Crippen LogP contribution in [0, 0.1) is 5.92 Å². The summed E-state index contributed by atoms with van der Waals surface area (Å²) >= 11 is 0. The number of carbonyl (C=O) groups is 1. The first kappa shape index (κ1) is 18.4. The molecule has 4 nitrogen and oxygen atoms in total. The number of carbonyl (C=O) groups excluding carboxylic acids is 1. The van der Waals surface area contributed by atoms with Crippen molar-refractivity contribution in [2.24, 2.45) is 11.7 Å². The van der Waals surface area contributed by atoms with Crippen molar-refractivity contribution in [1.82, 2.24) is 0 Å². The van der Waals surface area contributed by atoms with E-state index in [1.54, 1.807) is 0 Å². The summed E-state index contributed by atoms with van der Waals surface area (Å²) in [6.45, 7) is 4.07. The highest BCUT2D eigenvalue weighted by Crippen LogP contribution is 2.16. The third-order valence-corrected chi connectivity index (χ3v) is 4.95.